The number of benzene rings is 2. The summed E-state index contributed by atoms with van der Waals surface area (Å²) in [6, 6.07) is 12.4. The number of aliphatic hydroxyl groups excluding tert-OH is 1. The molecule has 2 aromatic heterocycles. The molecule has 1 amide bonds. The van der Waals surface area contributed by atoms with Crippen molar-refractivity contribution in [3.8, 4) is 5.75 Å². The predicted molar refractivity (Wildman–Crippen MR) is 147 cm³/mol. The molecule has 3 heterocycles. The monoisotopic (exact) mass is 548 g/mol. The number of carbonyl (C=O) groups is 3. The summed E-state index contributed by atoms with van der Waals surface area (Å²) >= 11 is 2.47. The maximum atomic E-state index is 13.4. The Labute approximate surface area is 226 Å². The summed E-state index contributed by atoms with van der Waals surface area (Å²) in [7, 11) is 0. The second-order valence-electron chi connectivity index (χ2n) is 9.35. The fourth-order valence-electron chi connectivity index (χ4n) is 4.26. The van der Waals surface area contributed by atoms with Gasteiger partial charge in [-0.15, -0.1) is 11.3 Å². The number of thiazole rings is 1. The molecule has 1 aliphatic rings. The minimum absolute atomic E-state index is 0.0295. The second kappa shape index (κ2) is 10.0. The first-order chi connectivity index (χ1) is 18.2. The fourth-order valence-corrected chi connectivity index (χ4v) is 6.12. The quantitative estimate of drug-likeness (QED) is 0.165. The number of rotatable bonds is 7. The molecule has 2 aromatic carbocycles. The first-order valence-corrected chi connectivity index (χ1v) is 13.6. The molecule has 0 spiro atoms. The van der Waals surface area contributed by atoms with Crippen molar-refractivity contribution in [3.05, 3.63) is 81.1 Å². The third-order valence-corrected chi connectivity index (χ3v) is 8.05. The molecule has 0 bridgehead atoms. The zero-order chi connectivity index (χ0) is 27.1. The van der Waals surface area contributed by atoms with E-state index in [0.717, 1.165) is 16.9 Å². The summed E-state index contributed by atoms with van der Waals surface area (Å²) in [6.07, 6.45) is 0. The number of aromatic nitrogens is 1. The normalized spacial score (nSPS) is 17.1. The number of carboxylic acid groups (broad SMARTS) is 1. The van der Waals surface area contributed by atoms with Crippen molar-refractivity contribution < 1.29 is 29.3 Å². The number of aliphatic hydroxyl groups is 1. The van der Waals surface area contributed by atoms with Gasteiger partial charge < -0.3 is 14.9 Å². The van der Waals surface area contributed by atoms with Crippen molar-refractivity contribution in [1.82, 2.24) is 4.98 Å². The average Bonchev–Trinajstić information content (AvgIpc) is 3.61. The van der Waals surface area contributed by atoms with Crippen molar-refractivity contribution in [3.63, 3.8) is 0 Å². The van der Waals surface area contributed by atoms with Crippen LogP contribution in [0.15, 0.2) is 59.5 Å². The van der Waals surface area contributed by atoms with Crippen molar-refractivity contribution in [2.24, 2.45) is 5.92 Å². The van der Waals surface area contributed by atoms with Crippen molar-refractivity contribution >= 4 is 61.4 Å². The molecule has 4 aromatic rings. The molecular weight excluding hydrogens is 524 g/mol. The lowest BCUT2D eigenvalue weighted by atomic mass is 9.99. The molecule has 38 heavy (non-hydrogen) atoms. The summed E-state index contributed by atoms with van der Waals surface area (Å²) < 4.78 is 6.40. The Morgan fingerprint density at radius 1 is 1.11 bits per heavy atom. The molecule has 5 rings (SSSR count). The molecule has 1 atom stereocenters. The van der Waals surface area contributed by atoms with Crippen molar-refractivity contribution in [2.75, 3.05) is 11.5 Å². The molecule has 0 saturated carbocycles. The highest BCUT2D eigenvalue weighted by atomic mass is 32.1. The van der Waals surface area contributed by atoms with Crippen LogP contribution in [-0.2, 0) is 9.59 Å². The van der Waals surface area contributed by atoms with Gasteiger partial charge >= 0.3 is 11.9 Å². The summed E-state index contributed by atoms with van der Waals surface area (Å²) in [5, 5.41) is 22.8. The predicted octanol–water partition coefficient (Wildman–Crippen LogP) is 6.03. The first-order valence-electron chi connectivity index (χ1n) is 11.9. The second-order valence-corrected chi connectivity index (χ2v) is 11.3. The van der Waals surface area contributed by atoms with E-state index in [1.807, 2.05) is 18.4 Å². The standard InChI is InChI=1S/C28H24N2O6S2/c1-14(2)13-36-19-9-7-16(11-15(19)3)24(31)22-23(20-5-4-10-37-20)30(26(33)25(22)32)28-29-18-8-6-17(27(34)35)12-21(18)38-28/h4-12,14,23,31H,13H2,1-3H3,(H,34,35)/b24-22+. The van der Waals surface area contributed by atoms with Crippen LogP contribution in [0, 0.1) is 12.8 Å². The van der Waals surface area contributed by atoms with Crippen LogP contribution in [0.1, 0.15) is 46.3 Å². The molecule has 1 unspecified atom stereocenters. The van der Waals surface area contributed by atoms with Crippen LogP contribution >= 0.6 is 22.7 Å². The van der Waals surface area contributed by atoms with Crippen LogP contribution in [0.4, 0.5) is 5.13 Å². The number of carboxylic acids is 1. The van der Waals surface area contributed by atoms with Gasteiger partial charge in [0, 0.05) is 10.4 Å². The van der Waals surface area contributed by atoms with Crippen LogP contribution in [0.5, 0.6) is 5.75 Å². The number of ketones is 1. The topological polar surface area (TPSA) is 117 Å². The minimum atomic E-state index is -1.07. The number of amides is 1. The number of Topliss-reactive ketones (excluding diaryl/α,β-unsaturated/α-hetero) is 1. The molecule has 8 nitrogen and oxygen atoms in total. The van der Waals surface area contributed by atoms with Gasteiger partial charge in [0.05, 0.1) is 28.0 Å². The third kappa shape index (κ3) is 4.57. The number of ether oxygens (including phenoxy) is 1. The Morgan fingerprint density at radius 3 is 2.53 bits per heavy atom. The van der Waals surface area contributed by atoms with Crippen LogP contribution in [0.3, 0.4) is 0 Å². The smallest absolute Gasteiger partial charge is 0.335 e. The lowest BCUT2D eigenvalue weighted by Gasteiger charge is -2.21. The van der Waals surface area contributed by atoms with E-state index in [9.17, 15) is 24.6 Å². The van der Waals surface area contributed by atoms with Gasteiger partial charge in [0.25, 0.3) is 5.78 Å². The molecule has 1 fully saturated rings. The molecule has 2 N–H and O–H groups in total. The van der Waals surface area contributed by atoms with Gasteiger partial charge in [0.15, 0.2) is 5.13 Å². The first kappa shape index (κ1) is 25.6. The van der Waals surface area contributed by atoms with Crippen LogP contribution in [0.2, 0.25) is 0 Å². The largest absolute Gasteiger partial charge is 0.507 e. The SMILES string of the molecule is Cc1cc(/C(O)=C2\C(=O)C(=O)N(c3nc4ccc(C(=O)O)cc4s3)C2c2cccs2)ccc1OCC(C)C. The third-order valence-electron chi connectivity index (χ3n) is 6.11. The van der Waals surface area contributed by atoms with Crippen LogP contribution in [0.25, 0.3) is 16.0 Å². The zero-order valence-corrected chi connectivity index (χ0v) is 22.4. The van der Waals surface area contributed by atoms with E-state index in [4.69, 9.17) is 4.74 Å². The molecular formula is C28H24N2O6S2. The Bertz CT molecular complexity index is 1600. The maximum absolute atomic E-state index is 13.4. The summed E-state index contributed by atoms with van der Waals surface area (Å²) in [5.41, 5.74) is 1.76. The van der Waals surface area contributed by atoms with Gasteiger partial charge in [-0.3, -0.25) is 14.5 Å². The highest BCUT2D eigenvalue weighted by molar-refractivity contribution is 7.22. The number of anilines is 1. The van der Waals surface area contributed by atoms with Crippen LogP contribution < -0.4 is 9.64 Å². The highest BCUT2D eigenvalue weighted by Gasteiger charge is 2.48. The minimum Gasteiger partial charge on any atom is -0.507 e. The Hall–Kier alpha value is -4.02. The van der Waals surface area contributed by atoms with Crippen molar-refractivity contribution in [1.29, 1.82) is 0 Å². The summed E-state index contributed by atoms with van der Waals surface area (Å²) in [6.45, 7) is 6.51. The molecule has 1 aliphatic heterocycles. The van der Waals surface area contributed by atoms with E-state index < -0.39 is 23.7 Å². The number of fused-ring (bicyclic) bond motifs is 1. The van der Waals surface area contributed by atoms with Gasteiger partial charge in [-0.25, -0.2) is 9.78 Å². The summed E-state index contributed by atoms with van der Waals surface area (Å²) in [5.74, 6) is -1.95. The zero-order valence-electron chi connectivity index (χ0n) is 20.8. The average molecular weight is 549 g/mol. The Morgan fingerprint density at radius 2 is 1.87 bits per heavy atom. The Balaban J connectivity index is 1.61. The number of carbonyl (C=O) groups excluding carboxylic acids is 2. The number of hydrogen-bond donors (Lipinski definition) is 2. The lowest BCUT2D eigenvalue weighted by molar-refractivity contribution is -0.132. The van der Waals surface area contributed by atoms with Crippen LogP contribution in [-0.4, -0.2) is 39.5 Å². The molecule has 1 saturated heterocycles. The number of aryl methyl sites for hydroxylation is 1. The van der Waals surface area contributed by atoms with Gasteiger partial charge in [0.2, 0.25) is 0 Å². The number of nitrogens with zero attached hydrogens (tertiary/aromatic N) is 2. The fraction of sp³-hybridized carbons (Fsp3) is 0.214. The van der Waals surface area contributed by atoms with Gasteiger partial charge in [-0.2, -0.15) is 0 Å². The number of hydrogen-bond acceptors (Lipinski definition) is 8. The van der Waals surface area contributed by atoms with E-state index in [1.165, 1.54) is 28.4 Å². The van der Waals surface area contributed by atoms with E-state index in [2.05, 4.69) is 18.8 Å². The maximum Gasteiger partial charge on any atom is 0.335 e. The van der Waals surface area contributed by atoms with Gasteiger partial charge in [-0.05, 0) is 66.2 Å². The number of aromatic carboxylic acids is 1. The van der Waals surface area contributed by atoms with E-state index in [1.54, 1.807) is 30.3 Å². The lowest BCUT2D eigenvalue weighted by Crippen LogP contribution is -2.28. The van der Waals surface area contributed by atoms with E-state index in [0.29, 0.717) is 38.9 Å². The van der Waals surface area contributed by atoms with Gasteiger partial charge in [-0.1, -0.05) is 31.3 Å². The number of thiophene rings is 1. The van der Waals surface area contributed by atoms with E-state index in [-0.39, 0.29) is 22.0 Å². The highest BCUT2D eigenvalue weighted by Crippen LogP contribution is 2.45. The molecule has 10 heteroatoms. The van der Waals surface area contributed by atoms with Crippen molar-refractivity contribution in [2.45, 2.75) is 26.8 Å². The van der Waals surface area contributed by atoms with E-state index >= 15 is 0 Å². The summed E-state index contributed by atoms with van der Waals surface area (Å²) in [4.78, 5) is 44.6. The molecule has 0 aliphatic carbocycles. The Kier molecular flexibility index (Phi) is 6.77. The molecule has 0 radical (unpaired) electrons. The van der Waals surface area contributed by atoms with Gasteiger partial charge in [0.1, 0.15) is 17.6 Å². The molecule has 194 valence electrons.